The number of hydrogen-bond acceptors (Lipinski definition) is 14. The van der Waals surface area contributed by atoms with Crippen LogP contribution in [0.5, 0.6) is 0 Å². The number of benzene rings is 1. The van der Waals surface area contributed by atoms with Gasteiger partial charge in [-0.1, -0.05) is 71.9 Å². The lowest BCUT2D eigenvalue weighted by molar-refractivity contribution is -0.150. The second-order valence-electron chi connectivity index (χ2n) is 25.9. The van der Waals surface area contributed by atoms with Crippen LogP contribution in [0.15, 0.2) is 30.3 Å². The van der Waals surface area contributed by atoms with Gasteiger partial charge in [0.15, 0.2) is 0 Å². The summed E-state index contributed by atoms with van der Waals surface area (Å²) in [5.41, 5.74) is 0.673. The van der Waals surface area contributed by atoms with Gasteiger partial charge in [-0.25, -0.2) is 0 Å². The summed E-state index contributed by atoms with van der Waals surface area (Å²) in [4.78, 5) is 196. The molecule has 91 heavy (non-hydrogen) atoms. The van der Waals surface area contributed by atoms with Gasteiger partial charge in [0.1, 0.15) is 60.4 Å². The SMILES string of the molecule is CC(C)C[C@H]1C(=O)N[C@@H](C(C)C)C(=O)N(C)[C@@H](C)C(=O)N[C@@H]([C@@H](C)O)C(=O)N(C)[C@@H](C)C(=O)N[C@H](C(=O)N2CCCCC2)CC(=O)N(C)CCC(=O)N(C)[C@@H](C)C(=O)N(C)[C@@H](Cc2ccccc2)C(=O)N[C@@H](C)C(=O)N(C)[C@@H](CC(C)C)C(=O)N(C)CC(=O)N1C. The van der Waals surface area contributed by atoms with Gasteiger partial charge < -0.3 is 70.5 Å². The third-order valence-electron chi connectivity index (χ3n) is 17.5. The van der Waals surface area contributed by atoms with Crippen molar-refractivity contribution < 1.29 is 67.4 Å². The quantitative estimate of drug-likeness (QED) is 0.219. The Labute approximate surface area is 538 Å². The van der Waals surface area contributed by atoms with Crippen molar-refractivity contribution in [3.8, 4) is 0 Å². The summed E-state index contributed by atoms with van der Waals surface area (Å²) in [7, 11) is 11.0. The number of likely N-dealkylation sites (N-methyl/N-ethyl adjacent to an activating group) is 7. The van der Waals surface area contributed by atoms with E-state index in [1.165, 1.54) is 115 Å². The second kappa shape index (κ2) is 35.2. The molecule has 13 amide bonds. The molecule has 0 saturated carbocycles. The topological polar surface area (TPSA) is 319 Å². The maximum atomic E-state index is 14.5. The van der Waals surface area contributed by atoms with Gasteiger partial charge in [0.2, 0.25) is 76.8 Å². The van der Waals surface area contributed by atoms with E-state index in [0.29, 0.717) is 31.5 Å². The standard InChI is InChI=1S/C64H105N13O14/c1-37(2)32-47-58(85)67-53(39(5)6)63(90)72(15)42(9)56(83)68-54(44(11)78)64(91)73(16)41(8)55(82)66-46(61(88)77-29-24-21-25-30-77)35-51(80)69(12)31-28-50(79)71(14)43(10)60(87)75(18)48(34-45-26-22-20-23-27-45)57(84)65-40(7)59(86)76(19)49(33-38(3)4)62(89)70(13)36-52(81)74(47)17/h20,22-23,26-27,37-44,46-49,53-54,78H,21,24-25,28-36H2,1-19H3,(H,65,84)(H,66,82)(H,67,85)(H,68,83)/t40-,41-,42-,43-,44+,46-,47-,48-,49-,53-,54-/m0/s1. The molecule has 2 fully saturated rings. The van der Waals surface area contributed by atoms with Crippen molar-refractivity contribution in [2.45, 2.75) is 194 Å². The lowest BCUT2D eigenvalue weighted by Gasteiger charge is -2.36. The van der Waals surface area contributed by atoms with E-state index in [-0.39, 0.29) is 44.1 Å². The van der Waals surface area contributed by atoms with Crippen LogP contribution in [0, 0.1) is 17.8 Å². The summed E-state index contributed by atoms with van der Waals surface area (Å²) < 4.78 is 0. The minimum Gasteiger partial charge on any atom is -0.391 e. The van der Waals surface area contributed by atoms with Crippen LogP contribution >= 0.6 is 0 Å². The zero-order valence-corrected chi connectivity index (χ0v) is 57.2. The Balaban J connectivity index is 2.14. The highest BCUT2D eigenvalue weighted by Gasteiger charge is 2.42. The first-order chi connectivity index (χ1) is 42.4. The molecule has 2 saturated heterocycles. The Hall–Kier alpha value is -7.71. The van der Waals surface area contributed by atoms with Gasteiger partial charge in [0, 0.05) is 88.9 Å². The van der Waals surface area contributed by atoms with Crippen LogP contribution in [0.1, 0.15) is 127 Å². The Bertz CT molecular complexity index is 2740. The van der Waals surface area contributed by atoms with Crippen LogP contribution in [0.4, 0.5) is 0 Å². The molecule has 27 heteroatoms. The van der Waals surface area contributed by atoms with Gasteiger partial charge in [-0.05, 0) is 90.0 Å². The fraction of sp³-hybridized carbons (Fsp3) is 0.703. The number of rotatable bonds is 9. The average Bonchev–Trinajstić information content (AvgIpc) is 1.61. The summed E-state index contributed by atoms with van der Waals surface area (Å²) >= 11 is 0. The van der Waals surface area contributed by atoms with Gasteiger partial charge in [-0.2, -0.15) is 0 Å². The van der Waals surface area contributed by atoms with Crippen LogP contribution in [0.3, 0.4) is 0 Å². The first kappa shape index (κ1) is 77.5. The first-order valence-corrected chi connectivity index (χ1v) is 31.6. The van der Waals surface area contributed by atoms with Crippen molar-refractivity contribution in [2.24, 2.45) is 17.8 Å². The van der Waals surface area contributed by atoms with Gasteiger partial charge in [-0.3, -0.25) is 62.3 Å². The highest BCUT2D eigenvalue weighted by molar-refractivity contribution is 5.99. The molecule has 510 valence electrons. The molecule has 0 bridgehead atoms. The van der Waals surface area contributed by atoms with E-state index in [2.05, 4.69) is 21.3 Å². The Morgan fingerprint density at radius 2 is 0.978 bits per heavy atom. The van der Waals surface area contributed by atoms with Crippen LogP contribution in [-0.2, 0) is 68.7 Å². The van der Waals surface area contributed by atoms with Crippen molar-refractivity contribution in [1.82, 2.24) is 65.4 Å². The third kappa shape index (κ3) is 21.4. The second-order valence-corrected chi connectivity index (χ2v) is 25.9. The Morgan fingerprint density at radius 3 is 1.51 bits per heavy atom. The molecule has 27 nitrogen and oxygen atoms in total. The number of likely N-dealkylation sites (tertiary alicyclic amines) is 1. The molecular formula is C64H105N13O14. The molecule has 0 aromatic heterocycles. The van der Waals surface area contributed by atoms with Crippen molar-refractivity contribution in [2.75, 3.05) is 82.6 Å². The molecule has 3 rings (SSSR count). The van der Waals surface area contributed by atoms with E-state index in [9.17, 15) is 67.4 Å². The zero-order chi connectivity index (χ0) is 69.2. The number of aliphatic hydroxyl groups is 1. The zero-order valence-electron chi connectivity index (χ0n) is 57.2. The van der Waals surface area contributed by atoms with Crippen molar-refractivity contribution >= 4 is 76.8 Å². The summed E-state index contributed by atoms with van der Waals surface area (Å²) in [6.45, 7) is 17.6. The maximum absolute atomic E-state index is 14.5. The molecule has 0 unspecified atom stereocenters. The molecule has 5 N–H and O–H groups in total. The van der Waals surface area contributed by atoms with Gasteiger partial charge in [0.05, 0.1) is 19.1 Å². The van der Waals surface area contributed by atoms with E-state index in [4.69, 9.17) is 0 Å². The average molecular weight is 1280 g/mol. The highest BCUT2D eigenvalue weighted by Crippen LogP contribution is 2.20. The van der Waals surface area contributed by atoms with E-state index >= 15 is 0 Å². The molecule has 0 spiro atoms. The van der Waals surface area contributed by atoms with Gasteiger partial charge >= 0.3 is 0 Å². The van der Waals surface area contributed by atoms with E-state index in [0.717, 1.165) is 21.1 Å². The fourth-order valence-electron chi connectivity index (χ4n) is 10.8. The third-order valence-corrected chi connectivity index (χ3v) is 17.5. The van der Waals surface area contributed by atoms with Crippen LogP contribution < -0.4 is 21.3 Å². The molecule has 0 radical (unpaired) electrons. The van der Waals surface area contributed by atoms with E-state index in [1.54, 1.807) is 49.1 Å². The minimum atomic E-state index is -1.67. The van der Waals surface area contributed by atoms with Gasteiger partial charge in [0.25, 0.3) is 0 Å². The molecule has 1 aromatic carbocycles. The molecule has 2 aliphatic rings. The largest absolute Gasteiger partial charge is 0.391 e. The molecule has 2 aliphatic heterocycles. The summed E-state index contributed by atoms with van der Waals surface area (Å²) in [5.74, 6) is -9.96. The number of hydrogen-bond donors (Lipinski definition) is 5. The Morgan fingerprint density at radius 1 is 0.484 bits per heavy atom. The van der Waals surface area contributed by atoms with Crippen LogP contribution in [-0.4, -0.2) is 275 Å². The number of piperidine rings is 1. The number of amides is 13. The summed E-state index contributed by atoms with van der Waals surface area (Å²) in [6.07, 6.45) is 0.130. The smallest absolute Gasteiger partial charge is 0.248 e. The molecule has 2 heterocycles. The Kier molecular flexibility index (Phi) is 30.0. The number of carbonyl (C=O) groups is 13. The monoisotopic (exact) mass is 1280 g/mol. The van der Waals surface area contributed by atoms with E-state index < -0.39 is 162 Å². The number of nitrogens with one attached hydrogen (secondary N) is 4. The van der Waals surface area contributed by atoms with Crippen molar-refractivity contribution in [3.05, 3.63) is 35.9 Å². The lowest BCUT2D eigenvalue weighted by Crippen LogP contribution is -2.62. The number of carbonyl (C=O) groups excluding carboxylic acids is 13. The van der Waals surface area contributed by atoms with Crippen LogP contribution in [0.2, 0.25) is 0 Å². The lowest BCUT2D eigenvalue weighted by atomic mass is 9.98. The number of aliphatic hydroxyl groups excluding tert-OH is 1. The summed E-state index contributed by atoms with van der Waals surface area (Å²) in [5, 5.41) is 21.6. The summed E-state index contributed by atoms with van der Waals surface area (Å²) in [6, 6.07) is -4.11. The van der Waals surface area contributed by atoms with Crippen LogP contribution in [0.25, 0.3) is 0 Å². The first-order valence-electron chi connectivity index (χ1n) is 31.6. The molecular weight excluding hydrogens is 1170 g/mol. The van der Waals surface area contributed by atoms with Crippen molar-refractivity contribution in [3.63, 3.8) is 0 Å². The number of nitrogens with zero attached hydrogens (tertiary/aromatic N) is 9. The molecule has 0 aliphatic carbocycles. The maximum Gasteiger partial charge on any atom is 0.248 e. The molecule has 1 aromatic rings. The minimum absolute atomic E-state index is 0.00400. The van der Waals surface area contributed by atoms with E-state index in [1.807, 2.05) is 27.7 Å². The fourth-order valence-corrected chi connectivity index (χ4v) is 10.8. The van der Waals surface area contributed by atoms with Crippen molar-refractivity contribution in [1.29, 1.82) is 0 Å². The normalized spacial score (nSPS) is 26.9. The highest BCUT2D eigenvalue weighted by atomic mass is 16.3. The van der Waals surface area contributed by atoms with Gasteiger partial charge in [-0.15, -0.1) is 0 Å². The molecule has 11 atom stereocenters. The predicted octanol–water partition coefficient (Wildman–Crippen LogP) is 0.0620. The predicted molar refractivity (Wildman–Crippen MR) is 340 cm³/mol.